The van der Waals surface area contributed by atoms with Gasteiger partial charge in [-0.15, -0.1) is 0 Å². The molecule has 0 aliphatic carbocycles. The molecule has 2 atom stereocenters. The van der Waals surface area contributed by atoms with Gasteiger partial charge in [0.2, 0.25) is 0 Å². The largest absolute Gasteiger partial charge is 0.493 e. The van der Waals surface area contributed by atoms with Crippen molar-refractivity contribution in [2.45, 2.75) is 33.7 Å². The fourth-order valence-corrected chi connectivity index (χ4v) is 1.39. The highest BCUT2D eigenvalue weighted by molar-refractivity contribution is 5.39. The van der Waals surface area contributed by atoms with Crippen LogP contribution in [0.5, 0.6) is 5.75 Å². The molecule has 2 nitrogen and oxygen atoms in total. The van der Waals surface area contributed by atoms with Crippen LogP contribution in [0.15, 0.2) is 18.2 Å². The summed E-state index contributed by atoms with van der Waals surface area (Å²) in [5.41, 5.74) is 8.17. The monoisotopic (exact) mass is 207 g/mol. The first-order valence-corrected chi connectivity index (χ1v) is 5.47. The molecule has 0 aliphatic rings. The average Bonchev–Trinajstić information content (AvgIpc) is 2.16. The van der Waals surface area contributed by atoms with Crippen LogP contribution in [0.3, 0.4) is 0 Å². The van der Waals surface area contributed by atoms with Crippen LogP contribution in [0, 0.1) is 19.8 Å². The summed E-state index contributed by atoms with van der Waals surface area (Å²) in [5.74, 6) is 1.38. The molecule has 0 saturated carbocycles. The predicted octanol–water partition coefficient (Wildman–Crippen LogP) is 2.67. The van der Waals surface area contributed by atoms with Crippen molar-refractivity contribution < 1.29 is 4.74 Å². The quantitative estimate of drug-likeness (QED) is 0.823. The summed E-state index contributed by atoms with van der Waals surface area (Å²) in [6.45, 7) is 8.94. The summed E-state index contributed by atoms with van der Waals surface area (Å²) < 4.78 is 5.81. The third-order valence-corrected chi connectivity index (χ3v) is 2.80. The first kappa shape index (κ1) is 12.1. The van der Waals surface area contributed by atoms with E-state index in [4.69, 9.17) is 10.5 Å². The van der Waals surface area contributed by atoms with Gasteiger partial charge in [0.05, 0.1) is 6.61 Å². The van der Waals surface area contributed by atoms with Gasteiger partial charge < -0.3 is 10.5 Å². The Morgan fingerprint density at radius 2 is 1.73 bits per heavy atom. The first-order chi connectivity index (χ1) is 7.02. The Balaban J connectivity index is 2.65. The van der Waals surface area contributed by atoms with Crippen molar-refractivity contribution >= 4 is 0 Å². The summed E-state index contributed by atoms with van der Waals surface area (Å²) in [4.78, 5) is 0. The van der Waals surface area contributed by atoms with Crippen LogP contribution in [0.4, 0.5) is 0 Å². The van der Waals surface area contributed by atoms with Gasteiger partial charge in [0.15, 0.2) is 0 Å². The Hall–Kier alpha value is -1.02. The summed E-state index contributed by atoms with van der Waals surface area (Å²) >= 11 is 0. The van der Waals surface area contributed by atoms with Crippen molar-refractivity contribution in [2.75, 3.05) is 6.61 Å². The molecule has 2 N–H and O–H groups in total. The van der Waals surface area contributed by atoms with E-state index in [9.17, 15) is 0 Å². The molecule has 0 fully saturated rings. The fraction of sp³-hybridized carbons (Fsp3) is 0.538. The van der Waals surface area contributed by atoms with Crippen LogP contribution in [0.2, 0.25) is 0 Å². The molecule has 15 heavy (non-hydrogen) atoms. The highest BCUT2D eigenvalue weighted by Crippen LogP contribution is 2.22. The van der Waals surface area contributed by atoms with Gasteiger partial charge in [0.25, 0.3) is 0 Å². The average molecular weight is 207 g/mol. The van der Waals surface area contributed by atoms with Crippen molar-refractivity contribution in [1.82, 2.24) is 0 Å². The van der Waals surface area contributed by atoms with Gasteiger partial charge in [-0.2, -0.15) is 0 Å². The first-order valence-electron chi connectivity index (χ1n) is 5.47. The summed E-state index contributed by atoms with van der Waals surface area (Å²) in [5, 5.41) is 0. The third kappa shape index (κ3) is 3.24. The van der Waals surface area contributed by atoms with E-state index >= 15 is 0 Å². The lowest BCUT2D eigenvalue weighted by Gasteiger charge is -2.18. The highest BCUT2D eigenvalue weighted by atomic mass is 16.5. The molecule has 1 rings (SSSR count). The summed E-state index contributed by atoms with van der Waals surface area (Å²) in [6, 6.07) is 6.36. The molecule has 1 aromatic carbocycles. The second-order valence-corrected chi connectivity index (χ2v) is 4.37. The molecule has 0 aromatic heterocycles. The molecule has 0 heterocycles. The number of nitrogens with two attached hydrogens (primary N) is 1. The van der Waals surface area contributed by atoms with Crippen molar-refractivity contribution in [1.29, 1.82) is 0 Å². The maximum absolute atomic E-state index is 5.81. The maximum atomic E-state index is 5.81. The Morgan fingerprint density at radius 3 is 2.20 bits per heavy atom. The number of ether oxygens (including phenoxy) is 1. The van der Waals surface area contributed by atoms with E-state index in [1.165, 1.54) is 11.1 Å². The Labute approximate surface area is 92.4 Å². The van der Waals surface area contributed by atoms with E-state index in [0.717, 1.165) is 5.75 Å². The molecule has 0 amide bonds. The van der Waals surface area contributed by atoms with Crippen LogP contribution in [0.25, 0.3) is 0 Å². The lowest BCUT2D eigenvalue weighted by Crippen LogP contribution is -2.29. The van der Waals surface area contributed by atoms with Crippen LogP contribution in [-0.4, -0.2) is 12.6 Å². The van der Waals surface area contributed by atoms with Gasteiger partial charge in [-0.05, 0) is 31.9 Å². The van der Waals surface area contributed by atoms with Gasteiger partial charge in [0, 0.05) is 12.0 Å². The van der Waals surface area contributed by atoms with Crippen LogP contribution < -0.4 is 10.5 Å². The number of rotatable bonds is 4. The Morgan fingerprint density at radius 1 is 1.20 bits per heavy atom. The topological polar surface area (TPSA) is 35.2 Å². The van der Waals surface area contributed by atoms with Crippen LogP contribution in [-0.2, 0) is 0 Å². The molecule has 0 saturated heterocycles. The van der Waals surface area contributed by atoms with Crippen LogP contribution in [0.1, 0.15) is 25.0 Å². The van der Waals surface area contributed by atoms with E-state index in [-0.39, 0.29) is 6.04 Å². The second kappa shape index (κ2) is 5.17. The van der Waals surface area contributed by atoms with Crippen molar-refractivity contribution in [3.8, 4) is 5.75 Å². The molecule has 0 spiro atoms. The number of benzene rings is 1. The Kier molecular flexibility index (Phi) is 4.15. The number of hydrogen-bond acceptors (Lipinski definition) is 2. The molecular formula is C13H21NO. The molecule has 0 radical (unpaired) electrons. The van der Waals surface area contributed by atoms with Crippen molar-refractivity contribution in [3.05, 3.63) is 29.3 Å². The molecule has 1 aromatic rings. The molecule has 0 aliphatic heterocycles. The number of aryl methyl sites for hydroxylation is 2. The molecular weight excluding hydrogens is 186 g/mol. The van der Waals surface area contributed by atoms with Crippen molar-refractivity contribution in [2.24, 2.45) is 11.7 Å². The molecule has 84 valence electrons. The zero-order valence-corrected chi connectivity index (χ0v) is 10.1. The van der Waals surface area contributed by atoms with E-state index in [2.05, 4.69) is 32.9 Å². The second-order valence-electron chi connectivity index (χ2n) is 4.37. The minimum atomic E-state index is 0.175. The summed E-state index contributed by atoms with van der Waals surface area (Å²) in [7, 11) is 0. The van der Waals surface area contributed by atoms with Gasteiger partial charge in [-0.1, -0.05) is 25.1 Å². The number of hydrogen-bond donors (Lipinski definition) is 1. The minimum absolute atomic E-state index is 0.175. The van der Waals surface area contributed by atoms with Crippen LogP contribution >= 0.6 is 0 Å². The molecule has 0 bridgehead atoms. The van der Waals surface area contributed by atoms with E-state index in [1.807, 2.05) is 13.0 Å². The minimum Gasteiger partial charge on any atom is -0.493 e. The van der Waals surface area contributed by atoms with Gasteiger partial charge in [-0.3, -0.25) is 0 Å². The fourth-order valence-electron chi connectivity index (χ4n) is 1.39. The maximum Gasteiger partial charge on any atom is 0.125 e. The zero-order valence-electron chi connectivity index (χ0n) is 10.1. The van der Waals surface area contributed by atoms with Gasteiger partial charge >= 0.3 is 0 Å². The smallest absolute Gasteiger partial charge is 0.125 e. The summed E-state index contributed by atoms with van der Waals surface area (Å²) in [6.07, 6.45) is 0. The molecule has 1 unspecified atom stereocenters. The third-order valence-electron chi connectivity index (χ3n) is 2.80. The zero-order chi connectivity index (χ0) is 11.4. The Bertz CT molecular complexity index is 300. The van der Waals surface area contributed by atoms with Crippen molar-refractivity contribution in [3.63, 3.8) is 0 Å². The van der Waals surface area contributed by atoms with E-state index < -0.39 is 0 Å². The molecule has 2 heteroatoms. The van der Waals surface area contributed by atoms with Gasteiger partial charge in [-0.25, -0.2) is 0 Å². The predicted molar refractivity (Wildman–Crippen MR) is 64.2 cm³/mol. The normalized spacial score (nSPS) is 14.7. The van der Waals surface area contributed by atoms with E-state index in [0.29, 0.717) is 12.5 Å². The standard InChI is InChI=1S/C13H21NO/c1-9-6-5-7-10(2)13(9)15-8-11(3)12(4)14/h5-7,11-12H,8,14H2,1-4H3/t11?,12-/m0/s1. The lowest BCUT2D eigenvalue weighted by atomic mass is 10.1. The number of para-hydroxylation sites is 1. The van der Waals surface area contributed by atoms with E-state index in [1.54, 1.807) is 0 Å². The lowest BCUT2D eigenvalue weighted by molar-refractivity contribution is 0.240. The van der Waals surface area contributed by atoms with Gasteiger partial charge in [0.1, 0.15) is 5.75 Å². The SMILES string of the molecule is Cc1cccc(C)c1OCC(C)[C@H](C)N. The highest BCUT2D eigenvalue weighted by Gasteiger charge is 2.10.